The van der Waals surface area contributed by atoms with Crippen LogP contribution in [0, 0.1) is 0 Å². The summed E-state index contributed by atoms with van der Waals surface area (Å²) in [4.78, 5) is 12.2. The van der Waals surface area contributed by atoms with E-state index in [1.54, 1.807) is 18.2 Å². The summed E-state index contributed by atoms with van der Waals surface area (Å²) in [7, 11) is -1.46. The lowest BCUT2D eigenvalue weighted by Crippen LogP contribution is -2.35. The lowest BCUT2D eigenvalue weighted by Gasteiger charge is -2.12. The number of anilines is 1. The van der Waals surface area contributed by atoms with Gasteiger partial charge in [0, 0.05) is 16.8 Å². The molecule has 1 aromatic rings. The lowest BCUT2D eigenvalue weighted by molar-refractivity contribution is -0.119. The van der Waals surface area contributed by atoms with Crippen molar-refractivity contribution in [2.45, 2.75) is 36.6 Å². The summed E-state index contributed by atoms with van der Waals surface area (Å²) in [5, 5.41) is 3.37. The van der Waals surface area contributed by atoms with Gasteiger partial charge in [-0.05, 0) is 31.0 Å². The first-order valence-electron chi connectivity index (χ1n) is 6.29. The Hall–Kier alpha value is -1.07. The van der Waals surface area contributed by atoms with Gasteiger partial charge in [0.1, 0.15) is 5.75 Å². The summed E-state index contributed by atoms with van der Waals surface area (Å²) >= 11 is 5.84. The Labute approximate surface area is 120 Å². The third kappa shape index (κ3) is 3.94. The van der Waals surface area contributed by atoms with E-state index in [4.69, 9.17) is 17.3 Å². The van der Waals surface area contributed by atoms with E-state index < -0.39 is 10.8 Å². The number of amides is 1. The van der Waals surface area contributed by atoms with E-state index in [0.29, 0.717) is 15.6 Å². The van der Waals surface area contributed by atoms with Crippen molar-refractivity contribution in [1.29, 1.82) is 0 Å². The summed E-state index contributed by atoms with van der Waals surface area (Å²) in [6.07, 6.45) is 4.32. The number of hydrogen-bond acceptors (Lipinski definition) is 3. The molecule has 0 saturated heterocycles. The van der Waals surface area contributed by atoms with Gasteiger partial charge < -0.3 is 11.1 Å². The Morgan fingerprint density at radius 2 is 2.11 bits per heavy atom. The number of rotatable bonds is 4. The zero-order valence-corrected chi connectivity index (χ0v) is 12.1. The molecule has 0 aliphatic heterocycles. The van der Waals surface area contributed by atoms with Crippen molar-refractivity contribution in [2.24, 2.45) is 0 Å². The first kappa shape index (κ1) is 14.3. The largest absolute Gasteiger partial charge is 0.398 e. The molecule has 6 heteroatoms. The molecule has 1 atom stereocenters. The smallest absolute Gasteiger partial charge is 0.233 e. The Balaban J connectivity index is 1.96. The molecule has 4 nitrogen and oxygen atoms in total. The molecule has 19 heavy (non-hydrogen) atoms. The first-order chi connectivity index (χ1) is 9.06. The van der Waals surface area contributed by atoms with Gasteiger partial charge in [0.15, 0.2) is 0 Å². The van der Waals surface area contributed by atoms with Crippen LogP contribution < -0.4 is 11.1 Å². The normalized spacial score (nSPS) is 17.3. The third-order valence-electron chi connectivity index (χ3n) is 3.20. The molecular formula is C13H17ClN2O2S. The first-order valence-corrected chi connectivity index (χ1v) is 7.98. The lowest BCUT2D eigenvalue weighted by atomic mass is 10.2. The molecule has 0 spiro atoms. The van der Waals surface area contributed by atoms with Gasteiger partial charge >= 0.3 is 0 Å². The molecule has 1 saturated carbocycles. The fourth-order valence-corrected chi connectivity index (χ4v) is 3.54. The highest BCUT2D eigenvalue weighted by molar-refractivity contribution is 7.86. The monoisotopic (exact) mass is 300 g/mol. The second-order valence-corrected chi connectivity index (χ2v) is 6.58. The number of halogens is 1. The maximum absolute atomic E-state index is 12.1. The minimum absolute atomic E-state index is 0.0684. The van der Waals surface area contributed by atoms with Gasteiger partial charge in [-0.15, -0.1) is 0 Å². The number of nitrogens with one attached hydrogen (secondary N) is 1. The topological polar surface area (TPSA) is 72.2 Å². The Kier molecular flexibility index (Phi) is 4.82. The molecule has 1 unspecified atom stereocenters. The highest BCUT2D eigenvalue weighted by Gasteiger charge is 2.19. The van der Waals surface area contributed by atoms with Gasteiger partial charge in [0.25, 0.3) is 0 Å². The molecule has 1 aliphatic rings. The molecule has 3 N–H and O–H groups in total. The quantitative estimate of drug-likeness (QED) is 0.836. The summed E-state index contributed by atoms with van der Waals surface area (Å²) < 4.78 is 12.1. The summed E-state index contributed by atoms with van der Waals surface area (Å²) in [5.74, 6) is -0.259. The Morgan fingerprint density at radius 1 is 1.42 bits per heavy atom. The van der Waals surface area contributed by atoms with Crippen LogP contribution in [0.15, 0.2) is 23.1 Å². The minimum atomic E-state index is -1.46. The molecule has 0 heterocycles. The molecule has 1 amide bonds. The van der Waals surface area contributed by atoms with Gasteiger partial charge in [-0.2, -0.15) is 0 Å². The van der Waals surface area contributed by atoms with Crippen LogP contribution >= 0.6 is 11.6 Å². The van der Waals surface area contributed by atoms with Crippen LogP contribution in [0.4, 0.5) is 5.69 Å². The minimum Gasteiger partial charge on any atom is -0.398 e. The predicted molar refractivity (Wildman–Crippen MR) is 77.5 cm³/mol. The van der Waals surface area contributed by atoms with Crippen molar-refractivity contribution in [3.05, 3.63) is 23.2 Å². The molecule has 1 aromatic carbocycles. The average molecular weight is 301 g/mol. The van der Waals surface area contributed by atoms with Gasteiger partial charge in [0.05, 0.1) is 15.7 Å². The van der Waals surface area contributed by atoms with Crippen LogP contribution in [0.25, 0.3) is 0 Å². The van der Waals surface area contributed by atoms with Crippen molar-refractivity contribution in [3.8, 4) is 0 Å². The maximum atomic E-state index is 12.1. The second kappa shape index (κ2) is 6.39. The molecule has 104 valence electrons. The van der Waals surface area contributed by atoms with E-state index in [-0.39, 0.29) is 17.7 Å². The van der Waals surface area contributed by atoms with E-state index in [2.05, 4.69) is 5.32 Å². The van der Waals surface area contributed by atoms with Gasteiger partial charge in [0.2, 0.25) is 5.91 Å². The molecule has 2 rings (SSSR count). The number of nitrogens with two attached hydrogens (primary N) is 1. The van der Waals surface area contributed by atoms with E-state index >= 15 is 0 Å². The van der Waals surface area contributed by atoms with Crippen LogP contribution in [0.2, 0.25) is 5.02 Å². The summed E-state index contributed by atoms with van der Waals surface area (Å²) in [6, 6.07) is 5.03. The van der Waals surface area contributed by atoms with E-state index in [1.807, 2.05) is 0 Å². The van der Waals surface area contributed by atoms with Crippen molar-refractivity contribution in [3.63, 3.8) is 0 Å². The van der Waals surface area contributed by atoms with E-state index in [0.717, 1.165) is 25.7 Å². The van der Waals surface area contributed by atoms with Crippen molar-refractivity contribution < 1.29 is 9.00 Å². The Morgan fingerprint density at radius 3 is 2.79 bits per heavy atom. The maximum Gasteiger partial charge on any atom is 0.233 e. The number of carbonyl (C=O) groups is 1. The van der Waals surface area contributed by atoms with Crippen LogP contribution in [0.1, 0.15) is 25.7 Å². The van der Waals surface area contributed by atoms with Crippen LogP contribution in [0.5, 0.6) is 0 Å². The molecule has 0 radical (unpaired) electrons. The highest BCUT2D eigenvalue weighted by Crippen LogP contribution is 2.22. The van der Waals surface area contributed by atoms with Crippen molar-refractivity contribution in [2.75, 3.05) is 11.5 Å². The number of carbonyl (C=O) groups excluding carboxylic acids is 1. The fraction of sp³-hybridized carbons (Fsp3) is 0.462. The number of benzene rings is 1. The molecule has 1 aliphatic carbocycles. The Bertz CT molecular complexity index is 501. The number of hydrogen-bond donors (Lipinski definition) is 2. The zero-order valence-electron chi connectivity index (χ0n) is 10.5. The van der Waals surface area contributed by atoms with Gasteiger partial charge in [-0.3, -0.25) is 9.00 Å². The molecular weight excluding hydrogens is 284 g/mol. The zero-order chi connectivity index (χ0) is 13.8. The van der Waals surface area contributed by atoms with Crippen molar-refractivity contribution >= 4 is 34.0 Å². The fourth-order valence-electron chi connectivity index (χ4n) is 2.24. The van der Waals surface area contributed by atoms with Gasteiger partial charge in [-0.1, -0.05) is 24.4 Å². The summed E-state index contributed by atoms with van der Waals surface area (Å²) in [6.45, 7) is 0. The molecule has 0 bridgehead atoms. The van der Waals surface area contributed by atoms with Crippen molar-refractivity contribution in [1.82, 2.24) is 5.32 Å². The number of nitrogen functional groups attached to an aromatic ring is 1. The third-order valence-corrected chi connectivity index (χ3v) is 4.81. The highest BCUT2D eigenvalue weighted by atomic mass is 35.5. The molecule has 0 aromatic heterocycles. The summed E-state index contributed by atoms with van der Waals surface area (Å²) in [5.41, 5.74) is 6.15. The SMILES string of the molecule is Nc1ccc(Cl)cc1S(=O)CC(=O)NC1CCCC1. The molecule has 1 fully saturated rings. The van der Waals surface area contributed by atoms with Crippen LogP contribution in [0.3, 0.4) is 0 Å². The average Bonchev–Trinajstić information content (AvgIpc) is 2.84. The van der Waals surface area contributed by atoms with Crippen LogP contribution in [-0.4, -0.2) is 21.9 Å². The van der Waals surface area contributed by atoms with Crippen LogP contribution in [-0.2, 0) is 15.6 Å². The second-order valence-electron chi connectivity index (χ2n) is 4.72. The standard InChI is InChI=1S/C13H17ClN2O2S/c14-9-5-6-11(15)12(7-9)19(18)8-13(17)16-10-3-1-2-4-10/h5-7,10H,1-4,8,15H2,(H,16,17). The van der Waals surface area contributed by atoms with E-state index in [1.165, 1.54) is 0 Å². The predicted octanol–water partition coefficient (Wildman–Crippen LogP) is 2.09. The van der Waals surface area contributed by atoms with E-state index in [9.17, 15) is 9.00 Å². The van der Waals surface area contributed by atoms with Gasteiger partial charge in [-0.25, -0.2) is 0 Å².